The molecule has 35 heavy (non-hydrogen) atoms. The molecule has 7 nitrogen and oxygen atoms in total. The molecule has 0 radical (unpaired) electrons. The molecule has 1 unspecified atom stereocenters. The van der Waals surface area contributed by atoms with Gasteiger partial charge in [-0.15, -0.1) is 0 Å². The molecule has 0 saturated heterocycles. The quantitative estimate of drug-likeness (QED) is 0.389. The van der Waals surface area contributed by atoms with Gasteiger partial charge < -0.3 is 23.5 Å². The zero-order valence-electron chi connectivity index (χ0n) is 19.5. The van der Waals surface area contributed by atoms with Gasteiger partial charge in [-0.25, -0.2) is 4.79 Å². The molecule has 5 rings (SSSR count). The fraction of sp³-hybridized carbons (Fsp3) is 0.214. The minimum atomic E-state index is -0.435. The third kappa shape index (κ3) is 4.45. The maximum Gasteiger partial charge on any atom is 0.336 e. The number of methoxy groups -OCH3 is 2. The standard InChI is InChI=1S/C28H25NO6/c1-32-24-14-20-12-13-29(28(19-6-4-3-5-7-19)22(20)16-25(24)33-2)26(30)17-34-21-10-8-18-9-11-27(31)35-23(18)15-21/h3-11,14-16,28H,12-13,17H2,1-2H3. The van der Waals surface area contributed by atoms with Crippen molar-refractivity contribution >= 4 is 16.9 Å². The van der Waals surface area contributed by atoms with E-state index in [0.717, 1.165) is 22.1 Å². The molecule has 3 aromatic carbocycles. The highest BCUT2D eigenvalue weighted by atomic mass is 16.5. The lowest BCUT2D eigenvalue weighted by molar-refractivity contribution is -0.135. The van der Waals surface area contributed by atoms with E-state index >= 15 is 0 Å². The molecule has 0 saturated carbocycles. The maximum atomic E-state index is 13.4. The van der Waals surface area contributed by atoms with E-state index in [1.807, 2.05) is 47.4 Å². The molecule has 1 aliphatic heterocycles. The van der Waals surface area contributed by atoms with Gasteiger partial charge in [0.25, 0.3) is 5.91 Å². The molecule has 1 aromatic heterocycles. The number of fused-ring (bicyclic) bond motifs is 2. The van der Waals surface area contributed by atoms with Crippen LogP contribution in [0.25, 0.3) is 11.0 Å². The summed E-state index contributed by atoms with van der Waals surface area (Å²) in [6.45, 7) is 0.394. The second kappa shape index (κ2) is 9.54. The molecule has 0 N–H and O–H groups in total. The molecule has 1 amide bonds. The first-order valence-corrected chi connectivity index (χ1v) is 11.3. The van der Waals surface area contributed by atoms with Gasteiger partial charge >= 0.3 is 5.63 Å². The van der Waals surface area contributed by atoms with Crippen molar-refractivity contribution in [3.05, 3.63) is 99.9 Å². The SMILES string of the molecule is COc1cc2c(cc1OC)C(c1ccccc1)N(C(=O)COc1ccc3ccc(=O)oc3c1)CC2. The zero-order valence-corrected chi connectivity index (χ0v) is 19.5. The summed E-state index contributed by atoms with van der Waals surface area (Å²) < 4.78 is 22.1. The Labute approximate surface area is 202 Å². The number of nitrogens with zero attached hydrogens (tertiary/aromatic N) is 1. The van der Waals surface area contributed by atoms with E-state index in [-0.39, 0.29) is 18.6 Å². The predicted molar refractivity (Wildman–Crippen MR) is 131 cm³/mol. The molecular weight excluding hydrogens is 446 g/mol. The molecule has 178 valence electrons. The summed E-state index contributed by atoms with van der Waals surface area (Å²) in [5.41, 5.74) is 3.10. The normalized spacial score (nSPS) is 14.9. The largest absolute Gasteiger partial charge is 0.493 e. The Balaban J connectivity index is 1.44. The average Bonchev–Trinajstić information content (AvgIpc) is 2.90. The van der Waals surface area contributed by atoms with E-state index < -0.39 is 5.63 Å². The zero-order chi connectivity index (χ0) is 24.4. The van der Waals surface area contributed by atoms with Gasteiger partial charge in [0.05, 0.1) is 20.3 Å². The lowest BCUT2D eigenvalue weighted by Crippen LogP contribution is -2.43. The third-order valence-electron chi connectivity index (χ3n) is 6.27. The highest BCUT2D eigenvalue weighted by Crippen LogP contribution is 2.41. The number of carbonyl (C=O) groups is 1. The van der Waals surface area contributed by atoms with E-state index in [1.54, 1.807) is 38.5 Å². The van der Waals surface area contributed by atoms with Gasteiger partial charge in [-0.3, -0.25) is 4.79 Å². The van der Waals surface area contributed by atoms with Gasteiger partial charge in [0.1, 0.15) is 11.3 Å². The maximum absolute atomic E-state index is 13.4. The Hall–Kier alpha value is -4.26. The minimum absolute atomic E-state index is 0.144. The molecular formula is C28H25NO6. The first-order valence-electron chi connectivity index (χ1n) is 11.3. The minimum Gasteiger partial charge on any atom is -0.493 e. The van der Waals surface area contributed by atoms with Gasteiger partial charge in [0, 0.05) is 24.1 Å². The van der Waals surface area contributed by atoms with Crippen LogP contribution < -0.4 is 19.8 Å². The number of hydrogen-bond donors (Lipinski definition) is 0. The fourth-order valence-corrected chi connectivity index (χ4v) is 4.57. The lowest BCUT2D eigenvalue weighted by atomic mass is 9.87. The smallest absolute Gasteiger partial charge is 0.336 e. The highest BCUT2D eigenvalue weighted by molar-refractivity contribution is 5.80. The first-order chi connectivity index (χ1) is 17.1. The molecule has 0 fully saturated rings. The topological polar surface area (TPSA) is 78.2 Å². The summed E-state index contributed by atoms with van der Waals surface area (Å²) in [6.07, 6.45) is 0.686. The fourth-order valence-electron chi connectivity index (χ4n) is 4.57. The van der Waals surface area contributed by atoms with E-state index in [0.29, 0.717) is 35.8 Å². The summed E-state index contributed by atoms with van der Waals surface area (Å²) in [6, 6.07) is 21.8. The monoisotopic (exact) mass is 471 g/mol. The van der Waals surface area contributed by atoms with Crippen LogP contribution in [0.5, 0.6) is 17.2 Å². The number of rotatable bonds is 6. The lowest BCUT2D eigenvalue weighted by Gasteiger charge is -2.38. The third-order valence-corrected chi connectivity index (χ3v) is 6.27. The molecule has 0 spiro atoms. The Morgan fingerprint density at radius 2 is 1.71 bits per heavy atom. The molecule has 7 heteroatoms. The first kappa shape index (κ1) is 22.5. The number of ether oxygens (including phenoxy) is 3. The van der Waals surface area contributed by atoms with Crippen LogP contribution in [-0.2, 0) is 11.2 Å². The van der Waals surface area contributed by atoms with Crippen molar-refractivity contribution in [1.82, 2.24) is 4.90 Å². The van der Waals surface area contributed by atoms with E-state index in [9.17, 15) is 9.59 Å². The molecule has 1 atom stereocenters. The van der Waals surface area contributed by atoms with Crippen LogP contribution >= 0.6 is 0 Å². The van der Waals surface area contributed by atoms with Crippen LogP contribution in [0.2, 0.25) is 0 Å². The van der Waals surface area contributed by atoms with Crippen molar-refractivity contribution in [3.8, 4) is 17.2 Å². The Kier molecular flexibility index (Phi) is 6.14. The number of benzene rings is 3. The van der Waals surface area contributed by atoms with Crippen LogP contribution in [0.4, 0.5) is 0 Å². The predicted octanol–water partition coefficient (Wildman–Crippen LogP) is 4.36. The highest BCUT2D eigenvalue weighted by Gasteiger charge is 2.33. The van der Waals surface area contributed by atoms with Gasteiger partial charge in [-0.2, -0.15) is 0 Å². The van der Waals surface area contributed by atoms with E-state index in [2.05, 4.69) is 0 Å². The van der Waals surface area contributed by atoms with Gasteiger partial charge in [0.2, 0.25) is 0 Å². The van der Waals surface area contributed by atoms with Gasteiger partial charge in [0.15, 0.2) is 18.1 Å². The summed E-state index contributed by atoms with van der Waals surface area (Å²) in [5.74, 6) is 1.61. The average molecular weight is 472 g/mol. The number of carbonyl (C=O) groups excluding carboxylic acids is 1. The van der Waals surface area contributed by atoms with E-state index in [1.165, 1.54) is 6.07 Å². The molecule has 0 aliphatic carbocycles. The Bertz CT molecular complexity index is 1430. The van der Waals surface area contributed by atoms with Crippen LogP contribution in [-0.4, -0.2) is 38.2 Å². The molecule has 1 aliphatic rings. The van der Waals surface area contributed by atoms with Crippen molar-refractivity contribution < 1.29 is 23.4 Å². The molecule has 0 bridgehead atoms. The van der Waals surface area contributed by atoms with Crippen molar-refractivity contribution in [1.29, 1.82) is 0 Å². The molecule has 2 heterocycles. The van der Waals surface area contributed by atoms with Crippen LogP contribution in [0.3, 0.4) is 0 Å². The number of amides is 1. The van der Waals surface area contributed by atoms with Gasteiger partial charge in [-0.1, -0.05) is 30.3 Å². The van der Waals surface area contributed by atoms with Crippen LogP contribution in [0.15, 0.2) is 82.0 Å². The Morgan fingerprint density at radius 1 is 0.971 bits per heavy atom. The Morgan fingerprint density at radius 3 is 2.49 bits per heavy atom. The van der Waals surface area contributed by atoms with Crippen LogP contribution in [0.1, 0.15) is 22.7 Å². The van der Waals surface area contributed by atoms with Gasteiger partial charge in [-0.05, 0) is 53.4 Å². The second-order valence-corrected chi connectivity index (χ2v) is 8.30. The van der Waals surface area contributed by atoms with Crippen molar-refractivity contribution in [2.45, 2.75) is 12.5 Å². The van der Waals surface area contributed by atoms with Crippen LogP contribution in [0, 0.1) is 0 Å². The summed E-state index contributed by atoms with van der Waals surface area (Å²) in [4.78, 5) is 26.8. The summed E-state index contributed by atoms with van der Waals surface area (Å²) in [7, 11) is 3.22. The second-order valence-electron chi connectivity index (χ2n) is 8.30. The summed E-state index contributed by atoms with van der Waals surface area (Å²) in [5, 5.41) is 0.782. The van der Waals surface area contributed by atoms with Crippen molar-refractivity contribution in [3.63, 3.8) is 0 Å². The molecule has 4 aromatic rings. The van der Waals surface area contributed by atoms with Crippen molar-refractivity contribution in [2.75, 3.05) is 27.4 Å². The van der Waals surface area contributed by atoms with Crippen molar-refractivity contribution in [2.24, 2.45) is 0 Å². The summed E-state index contributed by atoms with van der Waals surface area (Å²) >= 11 is 0. The number of hydrogen-bond acceptors (Lipinski definition) is 6. The van der Waals surface area contributed by atoms with E-state index in [4.69, 9.17) is 18.6 Å².